The molecule has 0 spiro atoms. The maximum Gasteiger partial charge on any atom is 1.00 e. The Morgan fingerprint density at radius 2 is 0.866 bits per heavy atom. The predicted octanol–water partition coefficient (Wildman–Crippen LogP) is 12.8. The Hall–Kier alpha value is -4.25. The second-order valence-corrected chi connectivity index (χ2v) is 42.5. The number of nitrogens with one attached hydrogen (secondary N) is 2. The second kappa shape index (κ2) is 81.6. The molecule has 53 heteroatoms. The van der Waals surface area contributed by atoms with Crippen LogP contribution in [0.15, 0.2) is 94.7 Å². The van der Waals surface area contributed by atoms with E-state index in [0.717, 1.165) is 128 Å². The van der Waals surface area contributed by atoms with Crippen LogP contribution in [-0.4, -0.2) is 234 Å². The van der Waals surface area contributed by atoms with Crippen LogP contribution in [-0.2, 0) is 62.3 Å². The van der Waals surface area contributed by atoms with E-state index in [9.17, 15) is 56.2 Å². The molecule has 142 heavy (non-hydrogen) atoms. The summed E-state index contributed by atoms with van der Waals surface area (Å²) in [5, 5.41) is 58.2. The number of nitrogen functional groups attached to an aromatic ring is 3. The van der Waals surface area contributed by atoms with E-state index in [1.165, 1.54) is 121 Å². The molecule has 11 rings (SSSR count). The minimum atomic E-state index is -4.67. The summed E-state index contributed by atoms with van der Waals surface area (Å²) in [6.07, 6.45) is 21.5. The van der Waals surface area contributed by atoms with Crippen molar-refractivity contribution < 1.29 is 143 Å². The Morgan fingerprint density at radius 1 is 0.542 bits per heavy atom. The van der Waals surface area contributed by atoms with Gasteiger partial charge < -0.3 is 64.4 Å². The van der Waals surface area contributed by atoms with E-state index in [-0.39, 0.29) is 182 Å². The van der Waals surface area contributed by atoms with Gasteiger partial charge in [0, 0.05) is 73.0 Å². The van der Waals surface area contributed by atoms with Gasteiger partial charge >= 0.3 is 71.8 Å². The maximum atomic E-state index is 12.0. The number of aliphatic hydroxyl groups excluding tert-OH is 4. The van der Waals surface area contributed by atoms with Gasteiger partial charge in [0.15, 0.2) is 44.9 Å². The number of hydrogen-bond acceptors (Lipinski definition) is 30. The Balaban J connectivity index is -0.000000235. The summed E-state index contributed by atoms with van der Waals surface area (Å²) in [6, 6.07) is 21.3. The smallest absolute Gasteiger partial charge is 1.00 e. The van der Waals surface area contributed by atoms with E-state index < -0.39 is 56.9 Å². The number of carbonyl (C=O) groups is 4. The summed E-state index contributed by atoms with van der Waals surface area (Å²) in [6.45, 7) is 29.6. The van der Waals surface area contributed by atoms with Gasteiger partial charge in [0.2, 0.25) is 5.15 Å². The van der Waals surface area contributed by atoms with E-state index in [0.29, 0.717) is 65.4 Å². The van der Waals surface area contributed by atoms with Gasteiger partial charge in [0.25, 0.3) is 19.2 Å². The van der Waals surface area contributed by atoms with Crippen LogP contribution in [0.3, 0.4) is 0 Å². The third kappa shape index (κ3) is 72.2. The molecule has 6 aromatic rings. The second-order valence-electron chi connectivity index (χ2n) is 33.4. The van der Waals surface area contributed by atoms with Crippen molar-refractivity contribution in [2.24, 2.45) is 59.2 Å². The molecule has 0 bridgehead atoms. The topological polar surface area (TPSA) is 572 Å². The molecular weight excluding hydrogens is 2140 g/mol. The van der Waals surface area contributed by atoms with E-state index >= 15 is 0 Å². The number of aldehydes is 1. The first-order chi connectivity index (χ1) is 64.4. The molecule has 14 N–H and O–H groups in total. The van der Waals surface area contributed by atoms with Crippen molar-refractivity contribution in [2.45, 2.75) is 213 Å². The molecule has 5 saturated carbocycles. The standard InChI is InChI=1S/C15H22O4S.C10H13Cl2N3O2.C10H16O4.C8H16O2.C8H16O.C8H14O.C7H7ClO2S.C6H15N.2C5H3Cl2N3O2.C5H4Cl2N2.C2H7P.2Al.2Li.H2O4S.8H/c1-12-2-8-15(9-3-12)20(17,18)19-11-14-6-4-13(10-16)5-7-14;1-10(2,3)17-9(16)14-5-4-6(11)15-8(12)7(5)13;1-13-9(11)7-3-5-8(6-4-7)10(12)14-2;9-5-7-1-2-8(6-10)4-3-7;2*1-7-2-4-8(6-9)5-3-7;1-6-2-4-7(5-3-6)11(8,9)10;1-4-7(5-2)6-3;6-4-1-3(9-10(11)12)2-5(7)8-4;6-3-1-2(8)4(10(11)12)5(7)9-3;6-4-1-3(8)2-5(7)9-4;1-3-2;;;;;1-5(2,3)4;;;;;;;;/h2-3,8-9,13-14,16H,4-7,10-11H2,1H3;4H,13H2,1-3H3,(H,14,15,16);7-8H,3-6H2,1-2H3;7-10H,1-6H2;7-9H,2-6H2,1H3;6-8H,2-5H2,1H3;2-5H,1H3;4-6H2,1-3H3;1-2H,(H,8,9);1H,(H2,8,9);1-2H,(H2,8,9);3H,1-2H3;;;;;(H2,1,2,3,4);;;;;;;;/q;;;;;;;;;;;;;;2*+1;;;;;;;;2*-1. The Morgan fingerprint density at radius 3 is 1.17 bits per heavy atom. The van der Waals surface area contributed by atoms with E-state index in [2.05, 4.69) is 87.6 Å². The summed E-state index contributed by atoms with van der Waals surface area (Å²) in [7, 11) is -2.90. The first-order valence-electron chi connectivity index (χ1n) is 44.2. The Kier molecular flexibility index (Phi) is 85.3. The number of methoxy groups -OCH3 is 2. The molecule has 4 heterocycles. The number of benzene rings is 2. The molecular formula is C89H146Al2Cl9Li2N12O24PS3. The van der Waals surface area contributed by atoms with Crippen molar-refractivity contribution in [3.8, 4) is 0 Å². The van der Waals surface area contributed by atoms with E-state index in [1.54, 1.807) is 57.2 Å². The van der Waals surface area contributed by atoms with Gasteiger partial charge in [-0.3, -0.25) is 38.3 Å². The number of hydrogen-bond donors (Lipinski definition) is 11. The van der Waals surface area contributed by atoms with Crippen molar-refractivity contribution in [1.82, 2.24) is 24.8 Å². The van der Waals surface area contributed by atoms with Gasteiger partial charge in [-0.05, 0) is 248 Å². The molecule has 0 radical (unpaired) electrons. The molecule has 5 fully saturated rings. The zero-order chi connectivity index (χ0) is 106. The fraction of sp³-hybridized carbons (Fsp3) is 0.596. The van der Waals surface area contributed by atoms with Crippen molar-refractivity contribution in [3.63, 3.8) is 0 Å². The fourth-order valence-electron chi connectivity index (χ4n) is 13.1. The minimum Gasteiger partial charge on any atom is -1.00 e. The number of halogens is 9. The third-order valence-corrected chi connectivity index (χ3v) is 25.5. The number of amides is 1. The van der Waals surface area contributed by atoms with Gasteiger partial charge in [0.1, 0.15) is 54.2 Å². The van der Waals surface area contributed by atoms with Crippen molar-refractivity contribution >= 4 is 235 Å². The molecule has 0 atom stereocenters. The number of rotatable bonds is 19. The van der Waals surface area contributed by atoms with Gasteiger partial charge in [-0.2, -0.15) is 16.8 Å². The first-order valence-corrected chi connectivity index (χ1v) is 54.3. The van der Waals surface area contributed by atoms with Crippen LogP contribution in [0.1, 0.15) is 198 Å². The number of nitrogens with two attached hydrogens (primary N) is 3. The molecule has 800 valence electrons. The van der Waals surface area contributed by atoms with Gasteiger partial charge in [-0.1, -0.05) is 189 Å². The largest absolute Gasteiger partial charge is 1.00 e. The van der Waals surface area contributed by atoms with Crippen LogP contribution in [0, 0.1) is 93.3 Å². The Labute approximate surface area is 931 Å². The molecule has 36 nitrogen and oxygen atoms in total. The molecule has 1 amide bonds. The van der Waals surface area contributed by atoms with Crippen molar-refractivity contribution in [3.05, 3.63) is 158 Å². The average molecular weight is 2280 g/mol. The molecule has 2 aromatic carbocycles. The molecule has 4 aromatic heterocycles. The maximum absolute atomic E-state index is 12.0. The van der Waals surface area contributed by atoms with Crippen LogP contribution >= 0.6 is 112 Å². The molecule has 0 aliphatic heterocycles. The molecule has 0 unspecified atom stereocenters. The van der Waals surface area contributed by atoms with Crippen molar-refractivity contribution in [2.75, 3.05) is 108 Å². The summed E-state index contributed by atoms with van der Waals surface area (Å²) in [5.74, 6) is 4.10. The summed E-state index contributed by atoms with van der Waals surface area (Å²) in [5.41, 5.74) is 20.2. The summed E-state index contributed by atoms with van der Waals surface area (Å²) in [4.78, 5) is 80.9. The number of esters is 2. The molecule has 0 saturated heterocycles. The number of anilines is 5. The zero-order valence-corrected chi connectivity index (χ0v) is 92.5. The Bertz CT molecular complexity index is 4770. The predicted molar refractivity (Wildman–Crippen MR) is 573 cm³/mol. The first kappa shape index (κ1) is 148. The minimum absolute atomic E-state index is 0. The SMILES string of the molecule is CC(C)(C)OC(=O)Nc1cc(Cl)nc(Cl)c1N.CC1CCC(C=O)CC1.CC1CCC(CO)CC1.CCN(CC)CC.COC(=O)C1CCC(C(=O)OC)CC1.CPC.Cc1ccc(S(=O)(=O)Cl)cc1.Cc1ccc(S(=O)(=O)OCC2CCC(CO)CC2)cc1.Nc1cc(Cl)nc(Cl)c1.Nc1cc(Cl)nc(Cl)c1[N+](=O)[O-].O=S(=O)(O)O.O=[N+]([O-])Nc1cc(Cl)nc(Cl)c1.OCC1CCC(CO)CC1.[AlH3].[AlH3].[H-].[H-].[Li+].[Li+]. The number of carbonyl (C=O) groups excluding carboxylic acids is 4. The molecule has 5 aliphatic rings. The summed E-state index contributed by atoms with van der Waals surface area (Å²) < 4.78 is 96.6. The monoisotopic (exact) mass is 2280 g/mol. The molecule has 5 aliphatic carbocycles. The van der Waals surface area contributed by atoms with Gasteiger partial charge in [0.05, 0.1) is 58.8 Å². The summed E-state index contributed by atoms with van der Waals surface area (Å²) >= 11 is 44.2. The fourth-order valence-corrected chi connectivity index (χ4v) is 16.8. The van der Waals surface area contributed by atoms with E-state index in [4.69, 9.17) is 168 Å². The van der Waals surface area contributed by atoms with Gasteiger partial charge in [-0.25, -0.2) is 43.3 Å². The van der Waals surface area contributed by atoms with Crippen molar-refractivity contribution in [1.29, 1.82) is 0 Å². The number of aliphatic hydroxyl groups is 4. The van der Waals surface area contributed by atoms with Crippen LogP contribution < -0.4 is 65.7 Å². The van der Waals surface area contributed by atoms with Crippen LogP contribution in [0.5, 0.6) is 0 Å². The van der Waals surface area contributed by atoms with Gasteiger partial charge in [-0.15, -0.1) is 14.0 Å². The third-order valence-electron chi connectivity index (χ3n) is 21.1. The number of nitro groups is 2. The number of pyridine rings is 4. The van der Waals surface area contributed by atoms with E-state index in [1.807, 2.05) is 19.3 Å². The number of aromatic nitrogens is 4. The normalized spacial score (nSPS) is 18.5. The van der Waals surface area contributed by atoms with Crippen LogP contribution in [0.2, 0.25) is 41.2 Å². The zero-order valence-electron chi connectivity index (χ0n) is 84.3. The van der Waals surface area contributed by atoms with Crippen LogP contribution in [0.25, 0.3) is 0 Å². The average Bonchev–Trinajstić information content (AvgIpc) is 0.847. The van der Waals surface area contributed by atoms with Crippen LogP contribution in [0.4, 0.5) is 38.9 Å². The number of nitrogens with zero attached hydrogens (tertiary/aromatic N) is 7. The number of aryl methyl sites for hydroxylation is 2. The number of hydrazine groups is 1. The quantitative estimate of drug-likeness (QED) is 0.00307. The number of ether oxygens (including phenoxy) is 3.